The van der Waals surface area contributed by atoms with Crippen molar-refractivity contribution in [2.24, 2.45) is 0 Å². The molecule has 0 bridgehead atoms. The molecule has 0 fully saturated rings. The summed E-state index contributed by atoms with van der Waals surface area (Å²) in [6.45, 7) is 0.363. The average Bonchev–Trinajstić information content (AvgIpc) is 2.64. The Morgan fingerprint density at radius 3 is 2.48 bits per heavy atom. The van der Waals surface area contributed by atoms with Gasteiger partial charge < -0.3 is 5.32 Å². The van der Waals surface area contributed by atoms with Gasteiger partial charge in [0, 0.05) is 13.6 Å². The zero-order valence-corrected chi connectivity index (χ0v) is 16.5. The largest absolute Gasteiger partial charge is 0.348 e. The summed E-state index contributed by atoms with van der Waals surface area (Å²) in [5.74, 6) is -0.318. The van der Waals surface area contributed by atoms with Gasteiger partial charge in [0.2, 0.25) is 10.0 Å². The summed E-state index contributed by atoms with van der Waals surface area (Å²) in [6, 6.07) is 18.5. The standard InChI is InChI=1S/C20H19ClN2O3S/c1-23(27(2,25)26)16-10-11-18(19(21)12-16)20(24)22-13-15-8-5-7-14-6-3-4-9-17(14)15/h3-12H,13H2,1-2H3,(H,22,24). The molecule has 0 aliphatic heterocycles. The Hall–Kier alpha value is -2.57. The van der Waals surface area contributed by atoms with E-state index in [1.165, 1.54) is 19.2 Å². The van der Waals surface area contributed by atoms with Crippen LogP contribution in [0.5, 0.6) is 0 Å². The predicted molar refractivity (Wildman–Crippen MR) is 110 cm³/mol. The minimum Gasteiger partial charge on any atom is -0.348 e. The van der Waals surface area contributed by atoms with Crippen LogP contribution in [0.4, 0.5) is 5.69 Å². The number of amides is 1. The molecule has 0 saturated heterocycles. The lowest BCUT2D eigenvalue weighted by molar-refractivity contribution is 0.0951. The van der Waals surface area contributed by atoms with Crippen molar-refractivity contribution in [1.82, 2.24) is 5.32 Å². The first kappa shape index (κ1) is 19.2. The fourth-order valence-electron chi connectivity index (χ4n) is 2.79. The van der Waals surface area contributed by atoms with Gasteiger partial charge in [-0.2, -0.15) is 0 Å². The van der Waals surface area contributed by atoms with Crippen molar-refractivity contribution in [3.05, 3.63) is 76.8 Å². The number of sulfonamides is 1. The Balaban J connectivity index is 1.78. The lowest BCUT2D eigenvalue weighted by atomic mass is 10.0. The summed E-state index contributed by atoms with van der Waals surface area (Å²) >= 11 is 6.21. The Kier molecular flexibility index (Phi) is 5.39. The molecule has 0 aromatic heterocycles. The lowest BCUT2D eigenvalue weighted by Crippen LogP contribution is -2.26. The van der Waals surface area contributed by atoms with Crippen LogP contribution in [0.3, 0.4) is 0 Å². The zero-order chi connectivity index (χ0) is 19.6. The van der Waals surface area contributed by atoms with Crippen LogP contribution >= 0.6 is 11.6 Å². The Morgan fingerprint density at radius 2 is 1.78 bits per heavy atom. The topological polar surface area (TPSA) is 66.5 Å². The number of nitrogens with zero attached hydrogens (tertiary/aromatic N) is 1. The average molecular weight is 403 g/mol. The van der Waals surface area contributed by atoms with Crippen LogP contribution in [0.25, 0.3) is 10.8 Å². The van der Waals surface area contributed by atoms with Crippen molar-refractivity contribution >= 4 is 44.0 Å². The zero-order valence-electron chi connectivity index (χ0n) is 14.9. The molecule has 140 valence electrons. The minimum atomic E-state index is -3.40. The lowest BCUT2D eigenvalue weighted by Gasteiger charge is -2.17. The fraction of sp³-hybridized carbons (Fsp3) is 0.150. The first-order valence-electron chi connectivity index (χ1n) is 8.25. The Bertz CT molecular complexity index is 1110. The maximum atomic E-state index is 12.5. The third-order valence-electron chi connectivity index (χ3n) is 4.38. The number of fused-ring (bicyclic) bond motifs is 1. The first-order chi connectivity index (χ1) is 12.8. The molecular weight excluding hydrogens is 384 g/mol. The Labute approximate surface area is 163 Å². The predicted octanol–water partition coefficient (Wildman–Crippen LogP) is 3.82. The van der Waals surface area contributed by atoms with Gasteiger partial charge in [-0.3, -0.25) is 9.10 Å². The van der Waals surface area contributed by atoms with Crippen LogP contribution in [0.15, 0.2) is 60.7 Å². The van der Waals surface area contributed by atoms with Crippen molar-refractivity contribution in [2.75, 3.05) is 17.6 Å². The highest BCUT2D eigenvalue weighted by molar-refractivity contribution is 7.92. The van der Waals surface area contributed by atoms with Gasteiger partial charge in [0.1, 0.15) is 0 Å². The number of hydrogen-bond donors (Lipinski definition) is 1. The molecule has 27 heavy (non-hydrogen) atoms. The number of halogens is 1. The van der Waals surface area contributed by atoms with Gasteiger partial charge in [-0.25, -0.2) is 8.42 Å². The summed E-state index contributed by atoms with van der Waals surface area (Å²) < 4.78 is 24.4. The number of rotatable bonds is 5. The molecule has 0 aliphatic carbocycles. The quantitative estimate of drug-likeness (QED) is 0.705. The molecule has 0 radical (unpaired) electrons. The fourth-order valence-corrected chi connectivity index (χ4v) is 3.55. The maximum absolute atomic E-state index is 12.5. The van der Waals surface area contributed by atoms with Crippen molar-refractivity contribution in [3.63, 3.8) is 0 Å². The van der Waals surface area contributed by atoms with Gasteiger partial charge in [0.15, 0.2) is 0 Å². The molecule has 1 N–H and O–H groups in total. The molecule has 0 spiro atoms. The number of nitrogens with one attached hydrogen (secondary N) is 1. The van der Waals surface area contributed by atoms with Crippen molar-refractivity contribution < 1.29 is 13.2 Å². The number of anilines is 1. The molecule has 0 heterocycles. The van der Waals surface area contributed by atoms with Crippen LogP contribution in [-0.4, -0.2) is 27.6 Å². The highest BCUT2D eigenvalue weighted by atomic mass is 35.5. The van der Waals surface area contributed by atoms with E-state index in [9.17, 15) is 13.2 Å². The summed E-state index contributed by atoms with van der Waals surface area (Å²) in [4.78, 5) is 12.5. The van der Waals surface area contributed by atoms with Gasteiger partial charge in [-0.15, -0.1) is 0 Å². The Morgan fingerprint density at radius 1 is 1.07 bits per heavy atom. The van der Waals surface area contributed by atoms with E-state index in [-0.39, 0.29) is 10.9 Å². The number of carbonyl (C=O) groups is 1. The maximum Gasteiger partial charge on any atom is 0.253 e. The van der Waals surface area contributed by atoms with Crippen molar-refractivity contribution in [2.45, 2.75) is 6.54 Å². The molecule has 0 unspecified atom stereocenters. The number of hydrogen-bond acceptors (Lipinski definition) is 3. The minimum absolute atomic E-state index is 0.193. The third-order valence-corrected chi connectivity index (χ3v) is 5.90. The van der Waals surface area contributed by atoms with E-state index in [1.54, 1.807) is 6.07 Å². The van der Waals surface area contributed by atoms with Crippen molar-refractivity contribution in [3.8, 4) is 0 Å². The van der Waals surface area contributed by atoms with Crippen LogP contribution < -0.4 is 9.62 Å². The monoisotopic (exact) mass is 402 g/mol. The molecule has 3 rings (SSSR count). The third kappa shape index (κ3) is 4.23. The van der Waals surface area contributed by atoms with E-state index in [1.807, 2.05) is 42.5 Å². The van der Waals surface area contributed by atoms with Gasteiger partial charge in [-0.1, -0.05) is 54.1 Å². The molecule has 5 nitrogen and oxygen atoms in total. The second-order valence-electron chi connectivity index (χ2n) is 6.22. The van der Waals surface area contributed by atoms with Crippen LogP contribution in [0.1, 0.15) is 15.9 Å². The second-order valence-corrected chi connectivity index (χ2v) is 8.64. The van der Waals surface area contributed by atoms with E-state index in [2.05, 4.69) is 5.32 Å². The first-order valence-corrected chi connectivity index (χ1v) is 10.5. The molecule has 0 atom stereocenters. The van der Waals surface area contributed by atoms with E-state index in [4.69, 9.17) is 11.6 Å². The van der Waals surface area contributed by atoms with Gasteiger partial charge in [-0.05, 0) is 34.5 Å². The normalized spacial score (nSPS) is 11.4. The molecule has 1 amide bonds. The van der Waals surface area contributed by atoms with Crippen LogP contribution in [0.2, 0.25) is 5.02 Å². The second kappa shape index (κ2) is 7.58. The number of benzene rings is 3. The molecule has 3 aromatic carbocycles. The van der Waals surface area contributed by atoms with Gasteiger partial charge in [0.25, 0.3) is 5.91 Å². The molecule has 0 aliphatic rings. The van der Waals surface area contributed by atoms with Crippen LogP contribution in [-0.2, 0) is 16.6 Å². The smallest absolute Gasteiger partial charge is 0.253 e. The molecule has 3 aromatic rings. The summed E-state index contributed by atoms with van der Waals surface area (Å²) in [6.07, 6.45) is 1.10. The highest BCUT2D eigenvalue weighted by Gasteiger charge is 2.16. The van der Waals surface area contributed by atoms with E-state index in [0.717, 1.165) is 26.9 Å². The molecule has 0 saturated carbocycles. The van der Waals surface area contributed by atoms with Crippen LogP contribution in [0, 0.1) is 0 Å². The van der Waals surface area contributed by atoms with Gasteiger partial charge in [0.05, 0.1) is 22.5 Å². The van der Waals surface area contributed by atoms with E-state index in [0.29, 0.717) is 17.8 Å². The number of carbonyl (C=O) groups excluding carboxylic acids is 1. The summed E-state index contributed by atoms with van der Waals surface area (Å²) in [5.41, 5.74) is 1.70. The molecular formula is C20H19ClN2O3S. The SMILES string of the molecule is CN(c1ccc(C(=O)NCc2cccc3ccccc23)c(Cl)c1)S(C)(=O)=O. The van der Waals surface area contributed by atoms with E-state index < -0.39 is 10.0 Å². The van der Waals surface area contributed by atoms with Crippen molar-refractivity contribution in [1.29, 1.82) is 0 Å². The summed E-state index contributed by atoms with van der Waals surface area (Å²) in [7, 11) is -1.97. The van der Waals surface area contributed by atoms with E-state index >= 15 is 0 Å². The van der Waals surface area contributed by atoms with Gasteiger partial charge >= 0.3 is 0 Å². The summed E-state index contributed by atoms with van der Waals surface area (Å²) in [5, 5.41) is 5.25. The molecule has 7 heteroatoms. The highest BCUT2D eigenvalue weighted by Crippen LogP contribution is 2.25.